The molecule has 3 amide bonds. The topological polar surface area (TPSA) is 95.7 Å². The van der Waals surface area contributed by atoms with Gasteiger partial charge in [0.05, 0.1) is 0 Å². The van der Waals surface area contributed by atoms with E-state index in [-0.39, 0.29) is 24.1 Å². The predicted octanol–water partition coefficient (Wildman–Crippen LogP) is 1.01. The Morgan fingerprint density at radius 1 is 1.10 bits per heavy atom. The van der Waals surface area contributed by atoms with Gasteiger partial charge in [0.25, 0.3) is 5.91 Å². The third kappa shape index (κ3) is 3.36. The lowest BCUT2D eigenvalue weighted by atomic mass is 9.88. The fourth-order valence-corrected chi connectivity index (χ4v) is 5.81. The van der Waals surface area contributed by atoms with Crippen molar-refractivity contribution in [3.63, 3.8) is 0 Å². The number of likely N-dealkylation sites (tertiary alicyclic amines) is 1. The van der Waals surface area contributed by atoms with E-state index in [4.69, 9.17) is 5.73 Å². The Labute approximate surface area is 170 Å². The van der Waals surface area contributed by atoms with Crippen LogP contribution in [0.25, 0.3) is 0 Å². The molecule has 29 heavy (non-hydrogen) atoms. The van der Waals surface area contributed by atoms with Crippen LogP contribution in [0.5, 0.6) is 0 Å². The van der Waals surface area contributed by atoms with Gasteiger partial charge in [0.1, 0.15) is 6.04 Å². The molecule has 4 atom stereocenters. The molecule has 154 valence electrons. The number of nitrogens with one attached hydrogen (secondary N) is 1. The van der Waals surface area contributed by atoms with E-state index in [1.54, 1.807) is 4.90 Å². The van der Waals surface area contributed by atoms with Gasteiger partial charge in [-0.25, -0.2) is 0 Å². The van der Waals surface area contributed by atoms with Crippen LogP contribution in [0.15, 0.2) is 18.2 Å². The molecule has 7 nitrogen and oxygen atoms in total. The van der Waals surface area contributed by atoms with Crippen LogP contribution in [-0.4, -0.2) is 52.7 Å². The highest BCUT2D eigenvalue weighted by atomic mass is 16.2. The highest BCUT2D eigenvalue weighted by Crippen LogP contribution is 2.38. The third-order valence-corrected chi connectivity index (χ3v) is 7.22. The van der Waals surface area contributed by atoms with Gasteiger partial charge in [-0.05, 0) is 55.2 Å². The molecule has 0 radical (unpaired) electrons. The molecule has 2 unspecified atom stereocenters. The van der Waals surface area contributed by atoms with E-state index in [2.05, 4.69) is 10.2 Å². The van der Waals surface area contributed by atoms with E-state index in [0.717, 1.165) is 55.1 Å². The van der Waals surface area contributed by atoms with Crippen molar-refractivity contribution in [1.82, 2.24) is 15.1 Å². The number of rotatable bonds is 3. The van der Waals surface area contributed by atoms with E-state index in [1.807, 2.05) is 18.2 Å². The van der Waals surface area contributed by atoms with Gasteiger partial charge in [-0.1, -0.05) is 18.2 Å². The molecule has 2 saturated heterocycles. The van der Waals surface area contributed by atoms with Crippen molar-refractivity contribution >= 4 is 17.7 Å². The minimum Gasteiger partial charge on any atom is -0.328 e. The lowest BCUT2D eigenvalue weighted by Gasteiger charge is -2.35. The molecule has 4 aliphatic rings. The van der Waals surface area contributed by atoms with Gasteiger partial charge < -0.3 is 10.6 Å². The zero-order chi connectivity index (χ0) is 20.1. The van der Waals surface area contributed by atoms with Gasteiger partial charge >= 0.3 is 0 Å². The molecule has 0 bridgehead atoms. The minimum atomic E-state index is -0.559. The first-order valence-electron chi connectivity index (χ1n) is 10.7. The largest absolute Gasteiger partial charge is 0.328 e. The number of hydrogen-bond donors (Lipinski definition) is 2. The van der Waals surface area contributed by atoms with E-state index in [0.29, 0.717) is 24.9 Å². The summed E-state index contributed by atoms with van der Waals surface area (Å²) < 4.78 is 0. The van der Waals surface area contributed by atoms with Crippen LogP contribution < -0.4 is 11.1 Å². The molecule has 0 spiro atoms. The van der Waals surface area contributed by atoms with Crippen molar-refractivity contribution in [2.24, 2.45) is 17.6 Å². The lowest BCUT2D eigenvalue weighted by Crippen LogP contribution is -2.52. The predicted molar refractivity (Wildman–Crippen MR) is 107 cm³/mol. The highest BCUT2D eigenvalue weighted by molar-refractivity contribution is 6.05. The second-order valence-electron chi connectivity index (χ2n) is 9.13. The first kappa shape index (κ1) is 18.8. The number of hydrogen-bond acceptors (Lipinski definition) is 5. The Hall–Kier alpha value is -2.25. The summed E-state index contributed by atoms with van der Waals surface area (Å²) in [4.78, 5) is 41.1. The molecule has 3 aliphatic heterocycles. The SMILES string of the molecule is NC1C[C@@H]2CCN(Cc3cccc4c3C(=O)N(C3CCC(=O)NC3=O)C4)C[C@@H]2C1. The summed E-state index contributed by atoms with van der Waals surface area (Å²) in [7, 11) is 0. The molecule has 3 N–H and O–H groups in total. The Morgan fingerprint density at radius 3 is 2.76 bits per heavy atom. The Morgan fingerprint density at radius 2 is 1.93 bits per heavy atom. The van der Waals surface area contributed by atoms with Crippen LogP contribution in [0.3, 0.4) is 0 Å². The van der Waals surface area contributed by atoms with E-state index >= 15 is 0 Å². The molecule has 1 saturated carbocycles. The van der Waals surface area contributed by atoms with Gasteiger partial charge in [-0.3, -0.25) is 24.6 Å². The van der Waals surface area contributed by atoms with Crippen molar-refractivity contribution in [2.45, 2.75) is 57.3 Å². The third-order valence-electron chi connectivity index (χ3n) is 7.22. The monoisotopic (exact) mass is 396 g/mol. The maximum Gasteiger partial charge on any atom is 0.255 e. The van der Waals surface area contributed by atoms with Gasteiger partial charge in [0.2, 0.25) is 11.8 Å². The van der Waals surface area contributed by atoms with Crippen molar-refractivity contribution < 1.29 is 14.4 Å². The highest BCUT2D eigenvalue weighted by Gasteiger charge is 2.41. The number of piperidine rings is 2. The molecule has 3 heterocycles. The number of amides is 3. The maximum absolute atomic E-state index is 13.2. The second-order valence-corrected chi connectivity index (χ2v) is 9.13. The second kappa shape index (κ2) is 7.22. The first-order chi connectivity index (χ1) is 14.0. The van der Waals surface area contributed by atoms with Gasteiger partial charge in [0, 0.05) is 37.7 Å². The van der Waals surface area contributed by atoms with Crippen molar-refractivity contribution in [3.05, 3.63) is 34.9 Å². The first-order valence-corrected chi connectivity index (χ1v) is 10.7. The molecular weight excluding hydrogens is 368 g/mol. The number of carbonyl (C=O) groups excluding carboxylic acids is 3. The Balaban J connectivity index is 1.33. The van der Waals surface area contributed by atoms with Crippen LogP contribution in [0.2, 0.25) is 0 Å². The zero-order valence-corrected chi connectivity index (χ0v) is 16.6. The number of fused-ring (bicyclic) bond motifs is 2. The number of benzene rings is 1. The molecule has 5 rings (SSSR count). The van der Waals surface area contributed by atoms with Crippen LogP contribution >= 0.6 is 0 Å². The zero-order valence-electron chi connectivity index (χ0n) is 16.6. The number of nitrogens with zero attached hydrogens (tertiary/aromatic N) is 2. The summed E-state index contributed by atoms with van der Waals surface area (Å²) in [6.07, 6.45) is 4.12. The summed E-state index contributed by atoms with van der Waals surface area (Å²) in [5.74, 6) is 0.733. The van der Waals surface area contributed by atoms with E-state index in [1.165, 1.54) is 6.42 Å². The molecule has 1 aromatic rings. The van der Waals surface area contributed by atoms with Gasteiger partial charge in [0.15, 0.2) is 0 Å². The molecule has 0 aromatic heterocycles. The quantitative estimate of drug-likeness (QED) is 0.744. The average Bonchev–Trinajstić information content (AvgIpc) is 3.21. The molecule has 7 heteroatoms. The number of nitrogens with two attached hydrogens (primary N) is 1. The summed E-state index contributed by atoms with van der Waals surface area (Å²) in [6, 6.07) is 5.81. The smallest absolute Gasteiger partial charge is 0.255 e. The number of imide groups is 1. The Kier molecular flexibility index (Phi) is 4.67. The summed E-state index contributed by atoms with van der Waals surface area (Å²) in [5.41, 5.74) is 8.95. The molecule has 1 aromatic carbocycles. The summed E-state index contributed by atoms with van der Waals surface area (Å²) >= 11 is 0. The Bertz CT molecular complexity index is 870. The summed E-state index contributed by atoms with van der Waals surface area (Å²) in [6.45, 7) is 3.29. The van der Waals surface area contributed by atoms with Crippen molar-refractivity contribution in [2.75, 3.05) is 13.1 Å². The minimum absolute atomic E-state index is 0.0807. The van der Waals surface area contributed by atoms with Gasteiger partial charge in [-0.2, -0.15) is 0 Å². The van der Waals surface area contributed by atoms with Crippen LogP contribution in [0, 0.1) is 11.8 Å². The van der Waals surface area contributed by atoms with Gasteiger partial charge in [-0.15, -0.1) is 0 Å². The lowest BCUT2D eigenvalue weighted by molar-refractivity contribution is -0.136. The normalized spacial score (nSPS) is 32.3. The fourth-order valence-electron chi connectivity index (χ4n) is 5.81. The molecular formula is C22H28N4O3. The average molecular weight is 396 g/mol. The van der Waals surface area contributed by atoms with Crippen LogP contribution in [0.4, 0.5) is 0 Å². The van der Waals surface area contributed by atoms with Crippen molar-refractivity contribution in [3.8, 4) is 0 Å². The molecule has 1 aliphatic carbocycles. The van der Waals surface area contributed by atoms with E-state index in [9.17, 15) is 14.4 Å². The maximum atomic E-state index is 13.2. The van der Waals surface area contributed by atoms with Crippen molar-refractivity contribution in [1.29, 1.82) is 0 Å². The van der Waals surface area contributed by atoms with Crippen LogP contribution in [0.1, 0.15) is 53.6 Å². The standard InChI is InChI=1S/C22H28N4O3/c23-17-8-13-6-7-25(11-16(13)9-17)10-14-2-1-3-15-12-26(22(29)20(14)15)18-4-5-19(27)24-21(18)28/h1-3,13,16-18H,4-12,23H2,(H,24,27,28)/t13-,16-,17?,18?/m0/s1. The fraction of sp³-hybridized carbons (Fsp3) is 0.591. The molecule has 3 fully saturated rings. The number of carbonyl (C=O) groups is 3. The van der Waals surface area contributed by atoms with E-state index < -0.39 is 6.04 Å². The summed E-state index contributed by atoms with van der Waals surface area (Å²) in [5, 5.41) is 2.37. The van der Waals surface area contributed by atoms with Crippen LogP contribution in [-0.2, 0) is 22.7 Å².